The molecular weight excluding hydrogens is 522 g/mol. The molecule has 0 radical (unpaired) electrons. The highest BCUT2D eigenvalue weighted by atomic mass is 127. The molecule has 1 aliphatic carbocycles. The Balaban J connectivity index is 0.00000363. The number of rotatable bonds is 9. The zero-order chi connectivity index (χ0) is 21.9. The summed E-state index contributed by atoms with van der Waals surface area (Å²) in [4.78, 5) is 8.99. The third-order valence-electron chi connectivity index (χ3n) is 5.77. The van der Waals surface area contributed by atoms with Gasteiger partial charge < -0.3 is 20.5 Å². The van der Waals surface area contributed by atoms with E-state index in [1.54, 1.807) is 24.4 Å². The first-order chi connectivity index (χ1) is 15.1. The zero-order valence-electron chi connectivity index (χ0n) is 18.6. The SMILES string of the molecule is CCNC(=NCc1ccc(Oc2cccc(F)c2)nc1)NCC1(CCO)CCCCC1.I. The maximum Gasteiger partial charge on any atom is 0.219 e. The molecule has 1 heterocycles. The average Bonchev–Trinajstić information content (AvgIpc) is 2.78. The van der Waals surface area contributed by atoms with E-state index in [4.69, 9.17) is 4.74 Å². The minimum absolute atomic E-state index is 0. The number of aliphatic imine (C=N–C) groups is 1. The van der Waals surface area contributed by atoms with E-state index >= 15 is 0 Å². The Hall–Kier alpha value is -1.94. The van der Waals surface area contributed by atoms with Gasteiger partial charge in [0, 0.05) is 38.0 Å². The van der Waals surface area contributed by atoms with Crippen molar-refractivity contribution in [3.63, 3.8) is 0 Å². The van der Waals surface area contributed by atoms with Crippen LogP contribution in [0.4, 0.5) is 4.39 Å². The van der Waals surface area contributed by atoms with Gasteiger partial charge in [0.25, 0.3) is 0 Å². The number of ether oxygens (including phenoxy) is 1. The Morgan fingerprint density at radius 3 is 2.66 bits per heavy atom. The van der Waals surface area contributed by atoms with Crippen molar-refractivity contribution >= 4 is 29.9 Å². The maximum atomic E-state index is 13.3. The van der Waals surface area contributed by atoms with Gasteiger partial charge in [-0.15, -0.1) is 24.0 Å². The third-order valence-corrected chi connectivity index (χ3v) is 5.77. The number of pyridine rings is 1. The molecule has 2 aromatic rings. The minimum atomic E-state index is -0.346. The molecule has 0 bridgehead atoms. The summed E-state index contributed by atoms with van der Waals surface area (Å²) in [6.07, 6.45) is 8.59. The first-order valence-electron chi connectivity index (χ1n) is 11.1. The average molecular weight is 556 g/mol. The molecule has 1 aromatic heterocycles. The van der Waals surface area contributed by atoms with Crippen LogP contribution in [0.15, 0.2) is 47.6 Å². The van der Waals surface area contributed by atoms with Gasteiger partial charge in [0.05, 0.1) is 6.54 Å². The van der Waals surface area contributed by atoms with Crippen LogP contribution < -0.4 is 15.4 Å². The normalized spacial score (nSPS) is 15.5. The fourth-order valence-corrected chi connectivity index (χ4v) is 4.05. The number of nitrogens with one attached hydrogen (secondary N) is 2. The summed E-state index contributed by atoms with van der Waals surface area (Å²) >= 11 is 0. The number of benzene rings is 1. The second-order valence-electron chi connectivity index (χ2n) is 8.15. The van der Waals surface area contributed by atoms with Crippen molar-refractivity contribution in [2.45, 2.75) is 52.0 Å². The summed E-state index contributed by atoms with van der Waals surface area (Å²) in [5.41, 5.74) is 1.10. The number of aliphatic hydroxyl groups is 1. The lowest BCUT2D eigenvalue weighted by Crippen LogP contribution is -2.44. The number of hydrogen-bond acceptors (Lipinski definition) is 4. The molecular formula is C24H34FIN4O2. The molecule has 8 heteroatoms. The van der Waals surface area contributed by atoms with E-state index in [0.717, 1.165) is 43.9 Å². The molecule has 32 heavy (non-hydrogen) atoms. The number of aliphatic hydroxyl groups excluding tert-OH is 1. The fourth-order valence-electron chi connectivity index (χ4n) is 4.05. The minimum Gasteiger partial charge on any atom is -0.439 e. The lowest BCUT2D eigenvalue weighted by atomic mass is 9.72. The van der Waals surface area contributed by atoms with E-state index in [9.17, 15) is 9.50 Å². The highest BCUT2D eigenvalue weighted by Gasteiger charge is 2.31. The van der Waals surface area contributed by atoms with E-state index in [-0.39, 0.29) is 41.8 Å². The first-order valence-corrected chi connectivity index (χ1v) is 11.1. The highest BCUT2D eigenvalue weighted by molar-refractivity contribution is 14.0. The summed E-state index contributed by atoms with van der Waals surface area (Å²) < 4.78 is 18.9. The maximum absolute atomic E-state index is 13.3. The summed E-state index contributed by atoms with van der Waals surface area (Å²) in [7, 11) is 0. The standard InChI is InChI=1S/C24H33FN4O2.HI/c1-2-26-23(29-18-24(13-14-30)11-4-3-5-12-24)28-17-19-9-10-22(27-16-19)31-21-8-6-7-20(25)15-21;/h6-10,15-16,30H,2-5,11-14,17-18H2,1H3,(H2,26,28,29);1H. The molecule has 0 aliphatic heterocycles. The highest BCUT2D eigenvalue weighted by Crippen LogP contribution is 2.38. The predicted octanol–water partition coefficient (Wildman–Crippen LogP) is 5.02. The monoisotopic (exact) mass is 556 g/mol. The van der Waals surface area contributed by atoms with Crippen LogP contribution in [0, 0.1) is 11.2 Å². The van der Waals surface area contributed by atoms with E-state index in [1.807, 2.05) is 13.0 Å². The van der Waals surface area contributed by atoms with Gasteiger partial charge in [-0.2, -0.15) is 0 Å². The smallest absolute Gasteiger partial charge is 0.219 e. The molecule has 176 valence electrons. The number of hydrogen-bond donors (Lipinski definition) is 3. The predicted molar refractivity (Wildman–Crippen MR) is 136 cm³/mol. The van der Waals surface area contributed by atoms with Crippen LogP contribution in [0.3, 0.4) is 0 Å². The van der Waals surface area contributed by atoms with Gasteiger partial charge in [-0.05, 0) is 49.3 Å². The Labute approximate surface area is 207 Å². The number of nitrogens with zero attached hydrogens (tertiary/aromatic N) is 2. The van der Waals surface area contributed by atoms with Crippen LogP contribution >= 0.6 is 24.0 Å². The van der Waals surface area contributed by atoms with Crippen molar-refractivity contribution in [3.05, 3.63) is 54.0 Å². The van der Waals surface area contributed by atoms with Crippen LogP contribution in [0.2, 0.25) is 0 Å². The first kappa shape index (κ1) is 26.3. The van der Waals surface area contributed by atoms with Crippen LogP contribution in [-0.2, 0) is 6.54 Å². The van der Waals surface area contributed by atoms with E-state index in [2.05, 4.69) is 20.6 Å². The second kappa shape index (κ2) is 13.6. The number of aromatic nitrogens is 1. The summed E-state index contributed by atoms with van der Waals surface area (Å²) in [5.74, 6) is 1.24. The lowest BCUT2D eigenvalue weighted by Gasteiger charge is -2.37. The lowest BCUT2D eigenvalue weighted by molar-refractivity contribution is 0.131. The molecule has 0 amide bonds. The molecule has 0 atom stereocenters. The summed E-state index contributed by atoms with van der Waals surface area (Å²) in [5, 5.41) is 16.3. The van der Waals surface area contributed by atoms with Crippen molar-refractivity contribution in [1.82, 2.24) is 15.6 Å². The number of halogens is 2. The van der Waals surface area contributed by atoms with Crippen LogP contribution in [0.25, 0.3) is 0 Å². The van der Waals surface area contributed by atoms with Crippen LogP contribution in [-0.4, -0.2) is 35.7 Å². The van der Waals surface area contributed by atoms with Gasteiger partial charge in [0.2, 0.25) is 5.88 Å². The molecule has 1 aliphatic rings. The van der Waals surface area contributed by atoms with Crippen molar-refractivity contribution in [3.8, 4) is 11.6 Å². The van der Waals surface area contributed by atoms with Crippen molar-refractivity contribution < 1.29 is 14.2 Å². The molecule has 1 fully saturated rings. The van der Waals surface area contributed by atoms with Gasteiger partial charge in [-0.1, -0.05) is 31.4 Å². The van der Waals surface area contributed by atoms with E-state index < -0.39 is 0 Å². The molecule has 1 saturated carbocycles. The van der Waals surface area contributed by atoms with Gasteiger partial charge in [-0.25, -0.2) is 14.4 Å². The van der Waals surface area contributed by atoms with E-state index in [0.29, 0.717) is 18.2 Å². The van der Waals surface area contributed by atoms with Crippen molar-refractivity contribution in [2.24, 2.45) is 10.4 Å². The van der Waals surface area contributed by atoms with Crippen LogP contribution in [0.1, 0.15) is 51.0 Å². The summed E-state index contributed by atoms with van der Waals surface area (Å²) in [6.45, 7) is 4.34. The number of guanidine groups is 1. The molecule has 1 aromatic carbocycles. The zero-order valence-corrected chi connectivity index (χ0v) is 21.0. The molecule has 3 rings (SSSR count). The van der Waals surface area contributed by atoms with Gasteiger partial charge in [0.1, 0.15) is 11.6 Å². The topological polar surface area (TPSA) is 78.8 Å². The Morgan fingerprint density at radius 1 is 1.19 bits per heavy atom. The van der Waals surface area contributed by atoms with Gasteiger partial charge >= 0.3 is 0 Å². The molecule has 0 unspecified atom stereocenters. The second-order valence-corrected chi connectivity index (χ2v) is 8.15. The third kappa shape index (κ3) is 8.20. The van der Waals surface area contributed by atoms with Gasteiger partial charge in [-0.3, -0.25) is 0 Å². The molecule has 0 spiro atoms. The molecule has 6 nitrogen and oxygen atoms in total. The Bertz CT molecular complexity index is 837. The quantitative estimate of drug-likeness (QED) is 0.230. The summed E-state index contributed by atoms with van der Waals surface area (Å²) in [6, 6.07) is 9.65. The largest absolute Gasteiger partial charge is 0.439 e. The molecule has 3 N–H and O–H groups in total. The van der Waals surface area contributed by atoms with Gasteiger partial charge in [0.15, 0.2) is 5.96 Å². The van der Waals surface area contributed by atoms with Crippen molar-refractivity contribution in [1.29, 1.82) is 0 Å². The van der Waals surface area contributed by atoms with Crippen molar-refractivity contribution in [2.75, 3.05) is 19.7 Å². The Morgan fingerprint density at radius 2 is 2.00 bits per heavy atom. The Kier molecular flexibility index (Phi) is 11.2. The molecule has 0 saturated heterocycles. The van der Waals surface area contributed by atoms with E-state index in [1.165, 1.54) is 31.4 Å². The fraction of sp³-hybridized carbons (Fsp3) is 0.500. The van der Waals surface area contributed by atoms with Crippen LogP contribution in [0.5, 0.6) is 11.6 Å².